The molecule has 1 unspecified atom stereocenters. The van der Waals surface area contributed by atoms with Gasteiger partial charge in [0.05, 0.1) is 12.2 Å². The van der Waals surface area contributed by atoms with E-state index in [4.69, 9.17) is 10.3 Å². The number of rotatable bonds is 3. The van der Waals surface area contributed by atoms with E-state index in [2.05, 4.69) is 15.1 Å². The Morgan fingerprint density at radius 2 is 2.16 bits per heavy atom. The molecule has 19 heavy (non-hydrogen) atoms. The van der Waals surface area contributed by atoms with Gasteiger partial charge in [0, 0.05) is 6.20 Å². The van der Waals surface area contributed by atoms with Crippen molar-refractivity contribution >= 4 is 5.65 Å². The molecule has 6 heteroatoms. The summed E-state index contributed by atoms with van der Waals surface area (Å²) >= 11 is 0. The molecule has 0 spiro atoms. The Morgan fingerprint density at radius 1 is 1.32 bits per heavy atom. The van der Waals surface area contributed by atoms with Crippen LogP contribution < -0.4 is 5.73 Å². The standard InChI is InChI=1S/C13H15N5O/c1-8(2)11(14)13-16-12(17-19-13)9-7-15-10-5-3-4-6-18(9)10/h3-8,11H,14H2,1-2H3. The van der Waals surface area contributed by atoms with Crippen LogP contribution in [0, 0.1) is 5.92 Å². The van der Waals surface area contributed by atoms with Gasteiger partial charge in [0.15, 0.2) is 0 Å². The molecule has 0 fully saturated rings. The van der Waals surface area contributed by atoms with Gasteiger partial charge in [-0.1, -0.05) is 25.1 Å². The number of hydrogen-bond acceptors (Lipinski definition) is 5. The second-order valence-electron chi connectivity index (χ2n) is 4.80. The van der Waals surface area contributed by atoms with Crippen molar-refractivity contribution in [2.75, 3.05) is 0 Å². The highest BCUT2D eigenvalue weighted by Gasteiger charge is 2.20. The van der Waals surface area contributed by atoms with Crippen molar-refractivity contribution in [3.8, 4) is 11.5 Å². The van der Waals surface area contributed by atoms with Gasteiger partial charge in [-0.2, -0.15) is 4.98 Å². The van der Waals surface area contributed by atoms with Crippen molar-refractivity contribution in [1.82, 2.24) is 19.5 Å². The molecule has 0 aliphatic carbocycles. The molecule has 0 aliphatic heterocycles. The minimum Gasteiger partial charge on any atom is -0.337 e. The van der Waals surface area contributed by atoms with Crippen molar-refractivity contribution in [2.45, 2.75) is 19.9 Å². The zero-order valence-electron chi connectivity index (χ0n) is 10.8. The van der Waals surface area contributed by atoms with E-state index in [0.29, 0.717) is 11.7 Å². The lowest BCUT2D eigenvalue weighted by molar-refractivity contribution is 0.325. The first-order valence-electron chi connectivity index (χ1n) is 6.18. The molecule has 0 aliphatic rings. The van der Waals surface area contributed by atoms with Gasteiger partial charge >= 0.3 is 0 Å². The number of nitrogens with zero attached hydrogens (tertiary/aromatic N) is 4. The van der Waals surface area contributed by atoms with Gasteiger partial charge in [-0.15, -0.1) is 0 Å². The van der Waals surface area contributed by atoms with Gasteiger partial charge in [0.1, 0.15) is 11.3 Å². The first-order valence-corrected chi connectivity index (χ1v) is 6.18. The van der Waals surface area contributed by atoms with Crippen molar-refractivity contribution < 1.29 is 4.52 Å². The van der Waals surface area contributed by atoms with E-state index in [9.17, 15) is 0 Å². The molecule has 1 atom stereocenters. The molecule has 2 N–H and O–H groups in total. The van der Waals surface area contributed by atoms with E-state index < -0.39 is 0 Å². The van der Waals surface area contributed by atoms with Crippen molar-refractivity contribution in [1.29, 1.82) is 0 Å². The predicted octanol–water partition coefficient (Wildman–Crippen LogP) is 2.04. The van der Waals surface area contributed by atoms with Gasteiger partial charge < -0.3 is 10.3 Å². The largest absolute Gasteiger partial charge is 0.337 e. The Labute approximate surface area is 110 Å². The van der Waals surface area contributed by atoms with E-state index in [1.165, 1.54) is 0 Å². The second-order valence-corrected chi connectivity index (χ2v) is 4.80. The van der Waals surface area contributed by atoms with Crippen LogP contribution in [0.2, 0.25) is 0 Å². The van der Waals surface area contributed by atoms with Gasteiger partial charge in [-0.25, -0.2) is 4.98 Å². The zero-order chi connectivity index (χ0) is 13.4. The van der Waals surface area contributed by atoms with E-state index in [-0.39, 0.29) is 12.0 Å². The lowest BCUT2D eigenvalue weighted by atomic mass is 10.1. The van der Waals surface area contributed by atoms with Crippen LogP contribution in [-0.2, 0) is 0 Å². The third kappa shape index (κ3) is 2.00. The molecular weight excluding hydrogens is 242 g/mol. The van der Waals surface area contributed by atoms with Crippen LogP contribution in [0.25, 0.3) is 17.2 Å². The minimum atomic E-state index is -0.250. The van der Waals surface area contributed by atoms with Crippen LogP contribution >= 0.6 is 0 Å². The van der Waals surface area contributed by atoms with E-state index in [0.717, 1.165) is 11.3 Å². The number of fused-ring (bicyclic) bond motifs is 1. The van der Waals surface area contributed by atoms with Gasteiger partial charge in [-0.05, 0) is 18.1 Å². The smallest absolute Gasteiger partial charge is 0.244 e. The van der Waals surface area contributed by atoms with Gasteiger partial charge in [0.25, 0.3) is 0 Å². The van der Waals surface area contributed by atoms with E-state index in [1.54, 1.807) is 6.20 Å². The summed E-state index contributed by atoms with van der Waals surface area (Å²) in [7, 11) is 0. The molecule has 3 aromatic heterocycles. The average molecular weight is 257 g/mol. The molecule has 0 saturated carbocycles. The molecule has 0 bridgehead atoms. The average Bonchev–Trinajstić information content (AvgIpc) is 3.03. The number of nitrogens with two attached hydrogens (primary N) is 1. The molecule has 98 valence electrons. The summed E-state index contributed by atoms with van der Waals surface area (Å²) in [5, 5.41) is 3.99. The summed E-state index contributed by atoms with van der Waals surface area (Å²) in [6, 6.07) is 5.53. The fourth-order valence-electron chi connectivity index (χ4n) is 1.86. The van der Waals surface area contributed by atoms with Crippen LogP contribution in [0.3, 0.4) is 0 Å². The molecule has 0 radical (unpaired) electrons. The Hall–Kier alpha value is -2.21. The normalized spacial score (nSPS) is 13.3. The molecule has 0 aromatic carbocycles. The first kappa shape index (κ1) is 11.9. The Balaban J connectivity index is 2.03. The quantitative estimate of drug-likeness (QED) is 0.776. The van der Waals surface area contributed by atoms with Crippen LogP contribution in [0.15, 0.2) is 35.1 Å². The molecule has 0 amide bonds. The minimum absolute atomic E-state index is 0.246. The number of aromatic nitrogens is 4. The van der Waals surface area contributed by atoms with Crippen LogP contribution in [0.4, 0.5) is 0 Å². The summed E-state index contributed by atoms with van der Waals surface area (Å²) in [6.45, 7) is 4.03. The lowest BCUT2D eigenvalue weighted by Crippen LogP contribution is -2.16. The topological polar surface area (TPSA) is 82.2 Å². The van der Waals surface area contributed by atoms with Gasteiger partial charge in [0.2, 0.25) is 11.7 Å². The highest BCUT2D eigenvalue weighted by Crippen LogP contribution is 2.22. The van der Waals surface area contributed by atoms with E-state index >= 15 is 0 Å². The zero-order valence-corrected chi connectivity index (χ0v) is 10.8. The maximum atomic E-state index is 6.00. The Morgan fingerprint density at radius 3 is 2.95 bits per heavy atom. The Kier molecular flexibility index (Phi) is 2.79. The van der Waals surface area contributed by atoms with Crippen molar-refractivity contribution in [3.05, 3.63) is 36.5 Å². The summed E-state index contributed by atoms with van der Waals surface area (Å²) < 4.78 is 7.15. The number of imidazole rings is 1. The van der Waals surface area contributed by atoms with Crippen LogP contribution in [0.5, 0.6) is 0 Å². The summed E-state index contributed by atoms with van der Waals surface area (Å²) in [4.78, 5) is 8.65. The molecule has 3 rings (SSSR count). The molecule has 3 heterocycles. The SMILES string of the molecule is CC(C)C(N)c1nc(-c2cnc3ccccn23)no1. The van der Waals surface area contributed by atoms with Crippen molar-refractivity contribution in [2.24, 2.45) is 11.7 Å². The van der Waals surface area contributed by atoms with Crippen LogP contribution in [-0.4, -0.2) is 19.5 Å². The van der Waals surface area contributed by atoms with E-state index in [1.807, 2.05) is 42.6 Å². The fourth-order valence-corrected chi connectivity index (χ4v) is 1.86. The summed E-state index contributed by atoms with van der Waals surface area (Å²) in [6.07, 6.45) is 3.64. The molecule has 0 saturated heterocycles. The second kappa shape index (κ2) is 4.47. The first-order chi connectivity index (χ1) is 9.16. The highest BCUT2D eigenvalue weighted by atomic mass is 16.5. The highest BCUT2D eigenvalue weighted by molar-refractivity contribution is 5.56. The molecule has 3 aromatic rings. The van der Waals surface area contributed by atoms with Crippen LogP contribution in [0.1, 0.15) is 25.8 Å². The van der Waals surface area contributed by atoms with Gasteiger partial charge in [-0.3, -0.25) is 4.40 Å². The Bertz CT molecular complexity index is 700. The predicted molar refractivity (Wildman–Crippen MR) is 70.3 cm³/mol. The third-order valence-electron chi connectivity index (χ3n) is 3.09. The maximum Gasteiger partial charge on any atom is 0.244 e. The monoisotopic (exact) mass is 257 g/mol. The number of hydrogen-bond donors (Lipinski definition) is 1. The summed E-state index contributed by atoms with van der Waals surface area (Å²) in [5.41, 5.74) is 7.64. The number of pyridine rings is 1. The molecule has 6 nitrogen and oxygen atoms in total. The van der Waals surface area contributed by atoms with Crippen molar-refractivity contribution in [3.63, 3.8) is 0 Å². The third-order valence-corrected chi connectivity index (χ3v) is 3.09. The fraction of sp³-hybridized carbons (Fsp3) is 0.308. The summed E-state index contributed by atoms with van der Waals surface area (Å²) in [5.74, 6) is 1.20. The maximum absolute atomic E-state index is 6.00. The molecular formula is C13H15N5O. The lowest BCUT2D eigenvalue weighted by Gasteiger charge is -2.09.